The van der Waals surface area contributed by atoms with Gasteiger partial charge in [0.05, 0.1) is 32.9 Å². The summed E-state index contributed by atoms with van der Waals surface area (Å²) < 4.78 is 0. The first-order valence-corrected chi connectivity index (χ1v) is 10.2. The van der Waals surface area contributed by atoms with Crippen LogP contribution in [0.25, 0.3) is 5.76 Å². The molecule has 1 saturated heterocycles. The first kappa shape index (κ1) is 21.1. The van der Waals surface area contributed by atoms with E-state index in [-0.39, 0.29) is 22.9 Å². The Hall–Kier alpha value is -3.16. The Balaban J connectivity index is 1.92. The van der Waals surface area contributed by atoms with Crippen molar-refractivity contribution in [2.75, 3.05) is 0 Å². The topological polar surface area (TPSA) is 99.2 Å². The molecular formula is C22H18Cl2N4O3. The standard InChI is InChI=1S/C22H18Cl2N4O3/c1-11-17(12(2)27-26-11)20(29)18-19(14-5-6-15(23)16(24)8-14)28(22(31)21(18)30)10-13-4-3-7-25-9-13/h3-9,19,29H,10H2,1-2H3,(H,26,27)/b20-18+. The van der Waals surface area contributed by atoms with E-state index in [1.807, 2.05) is 6.07 Å². The van der Waals surface area contributed by atoms with Gasteiger partial charge in [0, 0.05) is 24.6 Å². The molecule has 0 radical (unpaired) electrons. The highest BCUT2D eigenvalue weighted by Crippen LogP contribution is 2.42. The molecule has 0 aliphatic carbocycles. The largest absolute Gasteiger partial charge is 0.507 e. The summed E-state index contributed by atoms with van der Waals surface area (Å²) in [5.41, 5.74) is 2.76. The van der Waals surface area contributed by atoms with E-state index in [0.717, 1.165) is 5.56 Å². The number of nitrogens with one attached hydrogen (secondary N) is 1. The maximum Gasteiger partial charge on any atom is 0.295 e. The van der Waals surface area contributed by atoms with Crippen LogP contribution in [0.4, 0.5) is 0 Å². The van der Waals surface area contributed by atoms with E-state index < -0.39 is 17.7 Å². The minimum absolute atomic E-state index is 0.0279. The highest BCUT2D eigenvalue weighted by Gasteiger charge is 2.46. The quantitative estimate of drug-likeness (QED) is 0.345. The number of H-pyrrole nitrogens is 1. The van der Waals surface area contributed by atoms with Crippen LogP contribution in [-0.2, 0) is 16.1 Å². The smallest absolute Gasteiger partial charge is 0.295 e. The fraction of sp³-hybridized carbons (Fsp3) is 0.182. The first-order valence-electron chi connectivity index (χ1n) is 9.43. The Morgan fingerprint density at radius 3 is 2.58 bits per heavy atom. The van der Waals surface area contributed by atoms with Crippen molar-refractivity contribution in [3.63, 3.8) is 0 Å². The zero-order chi connectivity index (χ0) is 22.3. The lowest BCUT2D eigenvalue weighted by Crippen LogP contribution is -2.29. The number of hydrogen-bond acceptors (Lipinski definition) is 5. The molecule has 3 aromatic rings. The molecule has 2 aromatic heterocycles. The number of hydrogen-bond donors (Lipinski definition) is 2. The zero-order valence-corrected chi connectivity index (χ0v) is 18.2. The molecule has 9 heteroatoms. The number of carbonyl (C=O) groups excluding carboxylic acids is 2. The van der Waals surface area contributed by atoms with E-state index in [2.05, 4.69) is 15.2 Å². The lowest BCUT2D eigenvalue weighted by Gasteiger charge is -2.25. The molecule has 1 aliphatic rings. The average Bonchev–Trinajstić information content (AvgIpc) is 3.21. The number of rotatable bonds is 4. The number of benzene rings is 1. The number of aromatic amines is 1. The summed E-state index contributed by atoms with van der Waals surface area (Å²) in [6.45, 7) is 3.57. The molecule has 1 aromatic carbocycles. The van der Waals surface area contributed by atoms with E-state index >= 15 is 0 Å². The van der Waals surface area contributed by atoms with E-state index in [1.165, 1.54) is 4.90 Å². The van der Waals surface area contributed by atoms with Gasteiger partial charge in [0.1, 0.15) is 5.76 Å². The number of halogens is 2. The van der Waals surface area contributed by atoms with Crippen LogP contribution in [0, 0.1) is 13.8 Å². The number of aliphatic hydroxyl groups is 1. The van der Waals surface area contributed by atoms with E-state index in [4.69, 9.17) is 23.2 Å². The average molecular weight is 457 g/mol. The summed E-state index contributed by atoms with van der Waals surface area (Å²) in [6, 6.07) is 7.57. The van der Waals surface area contributed by atoms with Crippen LogP contribution in [0.5, 0.6) is 0 Å². The number of Topliss-reactive ketones (excluding diaryl/α,β-unsaturated/α-hetero) is 1. The normalized spacial score (nSPS) is 18.1. The maximum atomic E-state index is 13.1. The predicted molar refractivity (Wildman–Crippen MR) is 117 cm³/mol. The van der Waals surface area contributed by atoms with Crippen molar-refractivity contribution in [1.82, 2.24) is 20.1 Å². The van der Waals surface area contributed by atoms with Crippen LogP contribution in [-0.4, -0.2) is 36.9 Å². The second-order valence-electron chi connectivity index (χ2n) is 7.27. The highest BCUT2D eigenvalue weighted by atomic mass is 35.5. The van der Waals surface area contributed by atoms with Gasteiger partial charge >= 0.3 is 0 Å². The number of aryl methyl sites for hydroxylation is 2. The molecule has 7 nitrogen and oxygen atoms in total. The molecular weight excluding hydrogens is 439 g/mol. The molecule has 2 N–H and O–H groups in total. The number of likely N-dealkylation sites (tertiary alicyclic amines) is 1. The summed E-state index contributed by atoms with van der Waals surface area (Å²) in [6.07, 6.45) is 3.24. The van der Waals surface area contributed by atoms with Crippen LogP contribution in [0.1, 0.15) is 34.1 Å². The molecule has 1 atom stereocenters. The van der Waals surface area contributed by atoms with Gasteiger partial charge in [-0.25, -0.2) is 0 Å². The zero-order valence-electron chi connectivity index (χ0n) is 16.7. The third-order valence-electron chi connectivity index (χ3n) is 5.24. The third-order valence-corrected chi connectivity index (χ3v) is 5.98. The Kier molecular flexibility index (Phi) is 5.56. The van der Waals surface area contributed by atoms with Gasteiger partial charge in [-0.3, -0.25) is 19.7 Å². The van der Waals surface area contributed by atoms with Crippen molar-refractivity contribution in [2.45, 2.75) is 26.4 Å². The van der Waals surface area contributed by atoms with E-state index in [0.29, 0.717) is 27.5 Å². The summed E-state index contributed by atoms with van der Waals surface area (Å²) in [5, 5.41) is 18.6. The number of pyridine rings is 1. The Bertz CT molecular complexity index is 1200. The number of nitrogens with zero attached hydrogens (tertiary/aromatic N) is 3. The summed E-state index contributed by atoms with van der Waals surface area (Å²) in [5.74, 6) is -1.79. The van der Waals surface area contributed by atoms with Gasteiger partial charge in [0.15, 0.2) is 0 Å². The number of ketones is 1. The molecule has 31 heavy (non-hydrogen) atoms. The molecule has 1 fully saturated rings. The highest BCUT2D eigenvalue weighted by molar-refractivity contribution is 6.46. The second kappa shape index (κ2) is 8.17. The molecule has 158 valence electrons. The fourth-order valence-corrected chi connectivity index (χ4v) is 4.10. The fourth-order valence-electron chi connectivity index (χ4n) is 3.79. The van der Waals surface area contributed by atoms with Crippen LogP contribution in [0.2, 0.25) is 10.0 Å². The van der Waals surface area contributed by atoms with Crippen LogP contribution in [0.15, 0.2) is 48.3 Å². The van der Waals surface area contributed by atoms with Crippen molar-refractivity contribution >= 4 is 40.7 Å². The second-order valence-corrected chi connectivity index (χ2v) is 8.09. The van der Waals surface area contributed by atoms with Crippen molar-refractivity contribution < 1.29 is 14.7 Å². The van der Waals surface area contributed by atoms with Crippen molar-refractivity contribution in [1.29, 1.82) is 0 Å². The number of amides is 1. The minimum atomic E-state index is -0.858. The van der Waals surface area contributed by atoms with Gasteiger partial charge in [-0.2, -0.15) is 5.10 Å². The SMILES string of the molecule is Cc1n[nH]c(C)c1/C(O)=C1\C(=O)C(=O)N(Cc2cccnc2)C1c1ccc(Cl)c(Cl)c1. The van der Waals surface area contributed by atoms with Gasteiger partial charge in [-0.1, -0.05) is 35.3 Å². The van der Waals surface area contributed by atoms with Gasteiger partial charge in [-0.15, -0.1) is 0 Å². The molecule has 3 heterocycles. The van der Waals surface area contributed by atoms with Crippen LogP contribution in [0.3, 0.4) is 0 Å². The Morgan fingerprint density at radius 1 is 1.19 bits per heavy atom. The summed E-state index contributed by atoms with van der Waals surface area (Å²) in [7, 11) is 0. The summed E-state index contributed by atoms with van der Waals surface area (Å²) in [4.78, 5) is 31.6. The van der Waals surface area contributed by atoms with Gasteiger partial charge in [0.2, 0.25) is 0 Å². The minimum Gasteiger partial charge on any atom is -0.507 e. The number of aliphatic hydroxyl groups excluding tert-OH is 1. The van der Waals surface area contributed by atoms with Crippen molar-refractivity contribution in [3.05, 3.63) is 86.4 Å². The Labute approximate surface area is 188 Å². The molecule has 0 spiro atoms. The summed E-state index contributed by atoms with van der Waals surface area (Å²) >= 11 is 12.3. The first-order chi connectivity index (χ1) is 14.8. The van der Waals surface area contributed by atoms with Crippen molar-refractivity contribution in [3.8, 4) is 0 Å². The van der Waals surface area contributed by atoms with E-state index in [1.54, 1.807) is 50.5 Å². The number of carbonyl (C=O) groups is 2. The third kappa shape index (κ3) is 3.71. The van der Waals surface area contributed by atoms with Crippen LogP contribution < -0.4 is 0 Å². The lowest BCUT2D eigenvalue weighted by molar-refractivity contribution is -0.140. The maximum absolute atomic E-state index is 13.1. The molecule has 4 rings (SSSR count). The molecule has 0 bridgehead atoms. The van der Waals surface area contributed by atoms with E-state index in [9.17, 15) is 14.7 Å². The van der Waals surface area contributed by atoms with Gasteiger partial charge < -0.3 is 10.0 Å². The van der Waals surface area contributed by atoms with Crippen LogP contribution >= 0.6 is 23.2 Å². The molecule has 0 saturated carbocycles. The Morgan fingerprint density at radius 2 is 1.97 bits per heavy atom. The lowest BCUT2D eigenvalue weighted by atomic mass is 9.94. The number of aromatic nitrogens is 3. The predicted octanol–water partition coefficient (Wildman–Crippen LogP) is 4.35. The van der Waals surface area contributed by atoms with Gasteiger partial charge in [-0.05, 0) is 43.2 Å². The molecule has 1 amide bonds. The van der Waals surface area contributed by atoms with Crippen molar-refractivity contribution in [2.24, 2.45) is 0 Å². The van der Waals surface area contributed by atoms with Gasteiger partial charge in [0.25, 0.3) is 11.7 Å². The molecule has 1 aliphatic heterocycles. The monoisotopic (exact) mass is 456 g/mol. The molecule has 1 unspecified atom stereocenters.